The Hall–Kier alpha value is -4.37. The average molecular weight is 484 g/mol. The molecule has 0 aliphatic heterocycles. The highest BCUT2D eigenvalue weighted by molar-refractivity contribution is 5.92. The first-order valence-electron chi connectivity index (χ1n) is 12.8. The summed E-state index contributed by atoms with van der Waals surface area (Å²) < 4.78 is 0. The Labute approximate surface area is 217 Å². The summed E-state index contributed by atoms with van der Waals surface area (Å²) in [4.78, 5) is 13.7. The highest BCUT2D eigenvalue weighted by Crippen LogP contribution is 2.50. The molecule has 0 heterocycles. The molecule has 0 amide bonds. The molecule has 5 aromatic rings. The monoisotopic (exact) mass is 483 g/mol. The molecule has 0 bridgehead atoms. The van der Waals surface area contributed by atoms with Gasteiger partial charge in [0.2, 0.25) is 0 Å². The molecule has 6 rings (SSSR count). The van der Waals surface area contributed by atoms with Crippen LogP contribution in [0, 0.1) is 0 Å². The summed E-state index contributed by atoms with van der Waals surface area (Å²) in [6.07, 6.45) is 1.01. The maximum atomic E-state index is 11.5. The molecule has 0 aromatic heterocycles. The molecule has 5 aromatic carbocycles. The minimum atomic E-state index is -0.924. The topological polar surface area (TPSA) is 40.5 Å². The molecule has 0 fully saturated rings. The van der Waals surface area contributed by atoms with Crippen molar-refractivity contribution in [2.45, 2.75) is 32.6 Å². The molecule has 3 heteroatoms. The average Bonchev–Trinajstić information content (AvgIpc) is 3.15. The van der Waals surface area contributed by atoms with E-state index >= 15 is 0 Å². The van der Waals surface area contributed by atoms with Crippen molar-refractivity contribution in [1.29, 1.82) is 0 Å². The number of carbonyl (C=O) groups is 1. The molecular weight excluding hydrogens is 454 g/mol. The second-order valence-electron chi connectivity index (χ2n) is 10.3. The lowest BCUT2D eigenvalue weighted by Gasteiger charge is -2.28. The Morgan fingerprint density at radius 3 is 2.08 bits per heavy atom. The Balaban J connectivity index is 1.53. The third kappa shape index (κ3) is 3.79. The van der Waals surface area contributed by atoms with Crippen LogP contribution in [0.4, 0.5) is 17.1 Å². The van der Waals surface area contributed by atoms with E-state index in [9.17, 15) is 9.90 Å². The fourth-order valence-corrected chi connectivity index (χ4v) is 5.67. The number of rotatable bonds is 5. The normalized spacial score (nSPS) is 13.3. The van der Waals surface area contributed by atoms with E-state index in [-0.39, 0.29) is 11.0 Å². The first-order chi connectivity index (χ1) is 17.9. The summed E-state index contributed by atoms with van der Waals surface area (Å²) in [6.45, 7) is 6.75. The van der Waals surface area contributed by atoms with E-state index in [4.69, 9.17) is 0 Å². The summed E-state index contributed by atoms with van der Waals surface area (Å²) in [5.41, 5.74) is 9.70. The lowest BCUT2D eigenvalue weighted by molar-refractivity contribution is 0.0697. The van der Waals surface area contributed by atoms with E-state index in [1.807, 2.05) is 12.1 Å². The second kappa shape index (κ2) is 8.63. The maximum absolute atomic E-state index is 11.5. The van der Waals surface area contributed by atoms with E-state index in [0.29, 0.717) is 0 Å². The molecule has 0 spiro atoms. The van der Waals surface area contributed by atoms with Gasteiger partial charge in [-0.3, -0.25) is 0 Å². The van der Waals surface area contributed by atoms with Crippen molar-refractivity contribution in [2.75, 3.05) is 4.90 Å². The minimum Gasteiger partial charge on any atom is -0.478 e. The van der Waals surface area contributed by atoms with Gasteiger partial charge in [-0.1, -0.05) is 75.4 Å². The third-order valence-corrected chi connectivity index (χ3v) is 7.75. The predicted octanol–water partition coefficient (Wildman–Crippen LogP) is 8.88. The molecule has 0 saturated carbocycles. The van der Waals surface area contributed by atoms with E-state index in [1.165, 1.54) is 38.6 Å². The number of hydrogen-bond acceptors (Lipinski definition) is 2. The van der Waals surface area contributed by atoms with Crippen LogP contribution in [-0.2, 0) is 11.8 Å². The van der Waals surface area contributed by atoms with Crippen molar-refractivity contribution in [3.8, 4) is 11.1 Å². The molecule has 0 unspecified atom stereocenters. The van der Waals surface area contributed by atoms with E-state index in [0.717, 1.165) is 23.5 Å². The number of nitrogens with zero attached hydrogens (tertiary/aromatic N) is 1. The van der Waals surface area contributed by atoms with Crippen molar-refractivity contribution < 1.29 is 9.90 Å². The molecule has 182 valence electrons. The predicted molar refractivity (Wildman–Crippen MR) is 153 cm³/mol. The van der Waals surface area contributed by atoms with Crippen LogP contribution in [0.2, 0.25) is 0 Å². The molecule has 0 saturated heterocycles. The number of carboxylic acid groups (broad SMARTS) is 1. The van der Waals surface area contributed by atoms with Crippen LogP contribution in [-0.4, -0.2) is 11.1 Å². The Morgan fingerprint density at radius 2 is 1.32 bits per heavy atom. The SMILES string of the molecule is CCc1ccc2cc(N(c3ccc(C(=O)O)cc3)c3ccc4c(c3)C(C)(C)c3ccccc3-4)ccc2c1. The van der Waals surface area contributed by atoms with Gasteiger partial charge >= 0.3 is 5.97 Å². The van der Waals surface area contributed by atoms with Gasteiger partial charge in [0.1, 0.15) is 0 Å². The first kappa shape index (κ1) is 23.1. The second-order valence-corrected chi connectivity index (χ2v) is 10.3. The summed E-state index contributed by atoms with van der Waals surface area (Å²) in [5, 5.41) is 11.8. The summed E-state index contributed by atoms with van der Waals surface area (Å²) in [5.74, 6) is -0.924. The van der Waals surface area contributed by atoms with E-state index in [2.05, 4.69) is 105 Å². The van der Waals surface area contributed by atoms with Crippen molar-refractivity contribution in [3.63, 3.8) is 0 Å². The Bertz CT molecular complexity index is 1660. The van der Waals surface area contributed by atoms with Gasteiger partial charge in [-0.15, -0.1) is 0 Å². The van der Waals surface area contributed by atoms with Crippen molar-refractivity contribution in [2.24, 2.45) is 0 Å². The highest BCUT2D eigenvalue weighted by atomic mass is 16.4. The first-order valence-corrected chi connectivity index (χ1v) is 12.8. The summed E-state index contributed by atoms with van der Waals surface area (Å²) in [6, 6.07) is 35.6. The maximum Gasteiger partial charge on any atom is 0.335 e. The van der Waals surface area contributed by atoms with Crippen LogP contribution < -0.4 is 4.90 Å². The van der Waals surface area contributed by atoms with Gasteiger partial charge in [-0.2, -0.15) is 0 Å². The van der Waals surface area contributed by atoms with Gasteiger partial charge in [0.05, 0.1) is 5.56 Å². The number of benzene rings is 5. The van der Waals surface area contributed by atoms with Gasteiger partial charge in [-0.25, -0.2) is 4.79 Å². The molecule has 1 N–H and O–H groups in total. The van der Waals surface area contributed by atoms with E-state index in [1.54, 1.807) is 12.1 Å². The molecule has 3 nitrogen and oxygen atoms in total. The quantitative estimate of drug-likeness (QED) is 0.271. The molecule has 0 radical (unpaired) electrons. The lowest BCUT2D eigenvalue weighted by atomic mass is 9.82. The standard InChI is InChI=1S/C34H29NO2/c1-4-22-9-10-25-20-27(16-13-24(25)19-22)35(26-14-11-23(12-15-26)33(36)37)28-17-18-30-29-7-5-6-8-31(29)34(2,3)32(30)21-28/h5-21H,4H2,1-3H3,(H,36,37). The molecular formula is C34H29NO2. The Morgan fingerprint density at radius 1 is 0.703 bits per heavy atom. The van der Waals surface area contributed by atoms with Gasteiger partial charge in [0, 0.05) is 22.5 Å². The van der Waals surface area contributed by atoms with Gasteiger partial charge < -0.3 is 10.0 Å². The number of fused-ring (bicyclic) bond motifs is 4. The summed E-state index contributed by atoms with van der Waals surface area (Å²) >= 11 is 0. The van der Waals surface area contributed by atoms with Gasteiger partial charge in [-0.05, 0) is 93.5 Å². The van der Waals surface area contributed by atoms with Gasteiger partial charge in [0.15, 0.2) is 0 Å². The smallest absolute Gasteiger partial charge is 0.335 e. The van der Waals surface area contributed by atoms with E-state index < -0.39 is 5.97 Å². The minimum absolute atomic E-state index is 0.110. The highest BCUT2D eigenvalue weighted by Gasteiger charge is 2.35. The number of aryl methyl sites for hydroxylation is 1. The third-order valence-electron chi connectivity index (χ3n) is 7.75. The summed E-state index contributed by atoms with van der Waals surface area (Å²) in [7, 11) is 0. The molecule has 0 atom stereocenters. The number of hydrogen-bond donors (Lipinski definition) is 1. The van der Waals surface area contributed by atoms with Crippen LogP contribution in [0.5, 0.6) is 0 Å². The zero-order chi connectivity index (χ0) is 25.7. The van der Waals surface area contributed by atoms with Gasteiger partial charge in [0.25, 0.3) is 0 Å². The molecule has 1 aliphatic rings. The van der Waals surface area contributed by atoms with Crippen LogP contribution in [0.1, 0.15) is 47.8 Å². The van der Waals surface area contributed by atoms with Crippen molar-refractivity contribution in [3.05, 3.63) is 125 Å². The fraction of sp³-hybridized carbons (Fsp3) is 0.147. The largest absolute Gasteiger partial charge is 0.478 e. The number of carboxylic acids is 1. The zero-order valence-corrected chi connectivity index (χ0v) is 21.3. The van der Waals surface area contributed by atoms with Crippen LogP contribution in [0.25, 0.3) is 21.9 Å². The zero-order valence-electron chi connectivity index (χ0n) is 21.3. The molecule has 37 heavy (non-hydrogen) atoms. The van der Waals surface area contributed by atoms with Crippen molar-refractivity contribution in [1.82, 2.24) is 0 Å². The Kier molecular flexibility index (Phi) is 5.38. The number of aromatic carboxylic acids is 1. The van der Waals surface area contributed by atoms with Crippen molar-refractivity contribution >= 4 is 33.8 Å². The number of anilines is 3. The van der Waals surface area contributed by atoms with Crippen LogP contribution >= 0.6 is 0 Å². The van der Waals surface area contributed by atoms with Crippen LogP contribution in [0.3, 0.4) is 0 Å². The molecule has 1 aliphatic carbocycles. The lowest BCUT2D eigenvalue weighted by Crippen LogP contribution is -2.16. The van der Waals surface area contributed by atoms with Crippen LogP contribution in [0.15, 0.2) is 103 Å². The fourth-order valence-electron chi connectivity index (χ4n) is 5.67.